The van der Waals surface area contributed by atoms with Crippen LogP contribution >= 0.6 is 0 Å². The monoisotopic (exact) mass is 1480 g/mol. The van der Waals surface area contributed by atoms with Gasteiger partial charge in [-0.25, -0.2) is 14.6 Å². The number of nitrogens with zero attached hydrogens (tertiary/aromatic N) is 1. The van der Waals surface area contributed by atoms with Gasteiger partial charge in [0.05, 0.1) is 57.4 Å². The normalized spacial score (nSPS) is 13.3. The molecule has 0 saturated carbocycles. The molecule has 0 aromatic carbocycles. The summed E-state index contributed by atoms with van der Waals surface area (Å²) in [6, 6.07) is -3.15. The molecule has 0 fully saturated rings. The number of carbonyl (C=O) groups is 14. The molecular formula is C74H125N7O23. The van der Waals surface area contributed by atoms with Gasteiger partial charge in [0.25, 0.3) is 0 Å². The molecule has 30 nitrogen and oxygen atoms in total. The molecule has 0 unspecified atom stereocenters. The number of carbonyl (C=O) groups excluding carboxylic acids is 10. The summed E-state index contributed by atoms with van der Waals surface area (Å²) in [6.07, 6.45) is 20.2. The number of ether oxygens (including phenoxy) is 4. The van der Waals surface area contributed by atoms with Gasteiger partial charge in [-0.1, -0.05) is 104 Å². The summed E-state index contributed by atoms with van der Waals surface area (Å²) < 4.78 is 21.4. The number of H-pyrrole nitrogens is 1. The van der Waals surface area contributed by atoms with E-state index in [1.807, 2.05) is 6.92 Å². The van der Waals surface area contributed by atoms with Crippen molar-refractivity contribution >= 4 is 82.2 Å². The summed E-state index contributed by atoms with van der Waals surface area (Å²) in [5, 5.41) is 57.5. The van der Waals surface area contributed by atoms with Gasteiger partial charge in [-0.2, -0.15) is 0 Å². The molecular weight excluding hydrogens is 1350 g/mol. The third-order valence-electron chi connectivity index (χ3n) is 17.8. The number of amides is 4. The maximum Gasteiger partial charge on any atom is 0.326 e. The van der Waals surface area contributed by atoms with E-state index in [2.05, 4.69) is 31.2 Å². The minimum atomic E-state index is -1.42. The molecule has 0 saturated heterocycles. The van der Waals surface area contributed by atoms with Gasteiger partial charge in [0.1, 0.15) is 48.4 Å². The van der Waals surface area contributed by atoms with Crippen LogP contribution in [0.3, 0.4) is 0 Å². The lowest BCUT2D eigenvalue weighted by atomic mass is 9.82. The van der Waals surface area contributed by atoms with Gasteiger partial charge in [-0.05, 0) is 85.0 Å². The van der Waals surface area contributed by atoms with Crippen molar-refractivity contribution in [3.63, 3.8) is 0 Å². The molecule has 1 rings (SSSR count). The molecule has 0 radical (unpaired) electrons. The number of aromatic amines is 1. The molecule has 594 valence electrons. The first kappa shape index (κ1) is 96.8. The lowest BCUT2D eigenvalue weighted by Gasteiger charge is -2.21. The van der Waals surface area contributed by atoms with Gasteiger partial charge in [0.15, 0.2) is 11.6 Å². The first-order valence-corrected chi connectivity index (χ1v) is 37.2. The van der Waals surface area contributed by atoms with Crippen molar-refractivity contribution in [1.82, 2.24) is 31.2 Å². The highest BCUT2D eigenvalue weighted by atomic mass is 16.5. The number of aliphatic carboxylic acids is 4. The van der Waals surface area contributed by atoms with Crippen molar-refractivity contribution in [2.24, 2.45) is 28.9 Å². The molecule has 7 atom stereocenters. The molecule has 1 aromatic rings. The summed E-state index contributed by atoms with van der Waals surface area (Å²) in [6.45, 7) is 10.3. The smallest absolute Gasteiger partial charge is 0.326 e. The third-order valence-corrected chi connectivity index (χ3v) is 17.8. The Bertz CT molecular complexity index is 2690. The number of nitrogens with two attached hydrogens (primary N) is 1. The molecule has 104 heavy (non-hydrogen) atoms. The number of aliphatic hydroxyl groups is 1. The van der Waals surface area contributed by atoms with Crippen LogP contribution in [0, 0.1) is 23.2 Å². The maximum atomic E-state index is 12.7. The SMILES string of the molecule is CC(=O)C(C)(C)CC(=O)[C@@H](N)Cc1cnc[nH]1.CC[C@@H](CCCCNC(=O)CC[C@H](NC(=O)CC[C@H](CC(=O)COCCOCCNC(=O)COCCOCCCC(=O)CC[C@H](NC(=O)CCCCCCCCCCCCCCCCC(=O)O)C(=O)O)C(=O)O)C(=O)O)C(=O)CC[C@H](C(C)=O)[C@@H](C)O. The van der Waals surface area contributed by atoms with Gasteiger partial charge >= 0.3 is 23.9 Å². The maximum absolute atomic E-state index is 12.7. The van der Waals surface area contributed by atoms with Gasteiger partial charge in [0, 0.05) is 113 Å². The second-order valence-corrected chi connectivity index (χ2v) is 27.4. The Hall–Kier alpha value is -7.25. The summed E-state index contributed by atoms with van der Waals surface area (Å²) in [7, 11) is 0. The summed E-state index contributed by atoms with van der Waals surface area (Å²) in [5.74, 6) is -9.54. The number of carboxylic acids is 4. The van der Waals surface area contributed by atoms with E-state index < -0.39 is 108 Å². The van der Waals surface area contributed by atoms with Crippen LogP contribution in [0.4, 0.5) is 0 Å². The largest absolute Gasteiger partial charge is 0.481 e. The molecule has 0 aliphatic rings. The van der Waals surface area contributed by atoms with E-state index in [1.165, 1.54) is 52.9 Å². The van der Waals surface area contributed by atoms with E-state index in [-0.39, 0.29) is 171 Å². The van der Waals surface area contributed by atoms with Crippen molar-refractivity contribution in [3.05, 3.63) is 18.2 Å². The zero-order valence-corrected chi connectivity index (χ0v) is 62.7. The number of nitrogens with one attached hydrogen (secondary N) is 5. The van der Waals surface area contributed by atoms with E-state index in [9.17, 15) is 87.5 Å². The van der Waals surface area contributed by atoms with Crippen LogP contribution in [-0.2, 0) is 92.5 Å². The van der Waals surface area contributed by atoms with E-state index in [0.29, 0.717) is 44.9 Å². The first-order chi connectivity index (χ1) is 49.4. The Morgan fingerprint density at radius 1 is 0.510 bits per heavy atom. The van der Waals surface area contributed by atoms with Crippen molar-refractivity contribution in [2.45, 2.75) is 278 Å². The van der Waals surface area contributed by atoms with Crippen molar-refractivity contribution in [3.8, 4) is 0 Å². The zero-order chi connectivity index (χ0) is 78.1. The number of imidazole rings is 1. The van der Waals surface area contributed by atoms with E-state index in [4.69, 9.17) is 29.8 Å². The van der Waals surface area contributed by atoms with Crippen LogP contribution in [0.2, 0.25) is 0 Å². The van der Waals surface area contributed by atoms with E-state index in [1.54, 1.807) is 26.4 Å². The fourth-order valence-corrected chi connectivity index (χ4v) is 11.0. The minimum Gasteiger partial charge on any atom is -0.481 e. The Labute approximate surface area is 613 Å². The standard InChI is InChI=1S/C62H106N4O21.C12H19N3O2/c1-4-47(54(71)31-28-51(45(2)67)46(3)68)22-19-20-34-63-55(72)33-30-53(62(82)83)66-57(74)32-26-48(60(78)79)42-50(70)43-86-40-39-85-37-35-64-58(75)44-87-41-38-84-36-21-23-49(69)27-29-52(61(80)81)65-56(73)24-17-15-13-11-9-7-5-6-8-10-12-14-16-18-25-59(76)77;1-8(16)12(2,3)5-11(17)10(13)4-9-6-14-7-15-9/h45,47-48,51-53,67H,4-44H2,1-3H3,(H,63,72)(H,64,75)(H,65,73)(H,66,74)(H,76,77)(H,78,79)(H,80,81)(H,82,83);6-7,10H,4-5,13H2,1-3H3,(H,14,15)/t45-,47+,48-,51+,52+,53+;10-/m10/s1. The Morgan fingerprint density at radius 3 is 1.55 bits per heavy atom. The van der Waals surface area contributed by atoms with Crippen LogP contribution < -0.4 is 27.0 Å². The molecule has 4 amide bonds. The number of rotatable bonds is 68. The topological polar surface area (TPSA) is 480 Å². The fraction of sp³-hybridized carbons (Fsp3) is 0.770. The van der Waals surface area contributed by atoms with Crippen molar-refractivity contribution in [2.75, 3.05) is 65.9 Å². The molecule has 0 aliphatic carbocycles. The van der Waals surface area contributed by atoms with Crippen molar-refractivity contribution in [1.29, 1.82) is 0 Å². The number of aliphatic hydroxyl groups excluding tert-OH is 1. The molecule has 30 heteroatoms. The molecule has 0 aliphatic heterocycles. The van der Waals surface area contributed by atoms with Gasteiger partial charge in [-0.3, -0.25) is 57.5 Å². The number of hydrogen-bond acceptors (Lipinski definition) is 21. The highest BCUT2D eigenvalue weighted by Gasteiger charge is 2.31. The summed E-state index contributed by atoms with van der Waals surface area (Å²) >= 11 is 0. The van der Waals surface area contributed by atoms with Crippen LogP contribution in [0.25, 0.3) is 0 Å². The van der Waals surface area contributed by atoms with Gasteiger partial charge < -0.3 is 76.5 Å². The van der Waals surface area contributed by atoms with E-state index in [0.717, 1.165) is 57.1 Å². The quantitative estimate of drug-likeness (QED) is 0.0290. The third kappa shape index (κ3) is 52.7. The Kier molecular flexibility index (Phi) is 55.8. The van der Waals surface area contributed by atoms with E-state index >= 15 is 0 Å². The number of aromatic nitrogens is 2. The average Bonchev–Trinajstić information content (AvgIpc) is 1.25. The second kappa shape index (κ2) is 59.9. The number of carboxylic acid groups (broad SMARTS) is 4. The first-order valence-electron chi connectivity index (χ1n) is 37.2. The minimum absolute atomic E-state index is 0.000379. The highest BCUT2D eigenvalue weighted by molar-refractivity contribution is 5.92. The van der Waals surface area contributed by atoms with Crippen LogP contribution in [0.15, 0.2) is 12.5 Å². The molecule has 12 N–H and O–H groups in total. The Morgan fingerprint density at radius 2 is 1.03 bits per heavy atom. The highest BCUT2D eigenvalue weighted by Crippen LogP contribution is 2.24. The van der Waals surface area contributed by atoms with Gasteiger partial charge in [-0.15, -0.1) is 0 Å². The lowest BCUT2D eigenvalue weighted by molar-refractivity contribution is -0.145. The van der Waals surface area contributed by atoms with Crippen molar-refractivity contribution < 1.29 is 112 Å². The number of ketones is 6. The predicted molar refractivity (Wildman–Crippen MR) is 385 cm³/mol. The number of Topliss-reactive ketones (excluding diaryl/α,β-unsaturated/α-hetero) is 6. The predicted octanol–water partition coefficient (Wildman–Crippen LogP) is 7.09. The zero-order valence-electron chi connectivity index (χ0n) is 62.7. The molecule has 1 heterocycles. The molecule has 0 spiro atoms. The number of unbranched alkanes of at least 4 members (excludes halogenated alkanes) is 14. The average molecular weight is 1480 g/mol. The lowest BCUT2D eigenvalue weighted by Crippen LogP contribution is -2.42. The van der Waals surface area contributed by atoms with Gasteiger partial charge in [0.2, 0.25) is 23.6 Å². The number of hydrogen-bond donors (Lipinski definition) is 11. The summed E-state index contributed by atoms with van der Waals surface area (Å²) in [4.78, 5) is 175. The fourth-order valence-electron chi connectivity index (χ4n) is 11.0. The molecule has 1 aromatic heterocycles. The Balaban J connectivity index is 0.00000541. The summed E-state index contributed by atoms with van der Waals surface area (Å²) in [5.41, 5.74) is 6.00. The van der Waals surface area contributed by atoms with Crippen LogP contribution in [0.5, 0.6) is 0 Å². The van der Waals surface area contributed by atoms with Crippen LogP contribution in [0.1, 0.15) is 253 Å². The molecule has 0 bridgehead atoms. The second-order valence-electron chi connectivity index (χ2n) is 27.4. The van der Waals surface area contributed by atoms with Crippen LogP contribution in [-0.4, -0.2) is 208 Å².